The summed E-state index contributed by atoms with van der Waals surface area (Å²) in [6.45, 7) is 7.06. The van der Waals surface area contributed by atoms with Gasteiger partial charge in [0.05, 0.1) is 0 Å². The molecule has 6 heteroatoms. The van der Waals surface area contributed by atoms with Gasteiger partial charge in [0.2, 0.25) is 5.91 Å². The summed E-state index contributed by atoms with van der Waals surface area (Å²) in [4.78, 5) is 19.1. The summed E-state index contributed by atoms with van der Waals surface area (Å²) >= 11 is 0. The molecule has 1 aliphatic carbocycles. The number of rotatable bonds is 5. The van der Waals surface area contributed by atoms with Gasteiger partial charge in [-0.3, -0.25) is 14.8 Å². The summed E-state index contributed by atoms with van der Waals surface area (Å²) in [6.07, 6.45) is 3.43. The lowest BCUT2D eigenvalue weighted by molar-refractivity contribution is -0.123. The fourth-order valence-corrected chi connectivity index (χ4v) is 3.74. The van der Waals surface area contributed by atoms with E-state index in [4.69, 9.17) is 0 Å². The molecule has 2 heterocycles. The molecule has 2 aromatic rings. The molecule has 25 heavy (non-hydrogen) atoms. The van der Waals surface area contributed by atoms with Crippen LogP contribution in [0.1, 0.15) is 43.1 Å². The van der Waals surface area contributed by atoms with Crippen molar-refractivity contribution >= 4 is 5.91 Å². The number of amides is 1. The molecular formula is C19H25N5O. The Hall–Kier alpha value is -2.21. The highest BCUT2D eigenvalue weighted by atomic mass is 16.2. The lowest BCUT2D eigenvalue weighted by atomic mass is 9.94. The van der Waals surface area contributed by atoms with Crippen LogP contribution < -0.4 is 5.32 Å². The van der Waals surface area contributed by atoms with Crippen LogP contribution in [0.2, 0.25) is 0 Å². The molecule has 0 saturated heterocycles. The number of hydrogen-bond acceptors (Lipinski definition) is 4. The summed E-state index contributed by atoms with van der Waals surface area (Å²) in [5.41, 5.74) is 2.78. The van der Waals surface area contributed by atoms with Crippen LogP contribution in [0.4, 0.5) is 0 Å². The van der Waals surface area contributed by atoms with Crippen LogP contribution in [-0.4, -0.2) is 44.6 Å². The van der Waals surface area contributed by atoms with E-state index < -0.39 is 0 Å². The normalized spacial score (nSPS) is 23.1. The molecule has 1 fully saturated rings. The number of carbonyl (C=O) groups excluding carboxylic acids is 1. The number of aromatic amines is 1. The summed E-state index contributed by atoms with van der Waals surface area (Å²) in [5, 5.41) is 9.89. The fraction of sp³-hybridized carbons (Fsp3) is 0.526. The summed E-state index contributed by atoms with van der Waals surface area (Å²) < 4.78 is 0. The van der Waals surface area contributed by atoms with Crippen molar-refractivity contribution < 1.29 is 4.79 Å². The van der Waals surface area contributed by atoms with Crippen LogP contribution in [0, 0.1) is 5.92 Å². The fourth-order valence-electron chi connectivity index (χ4n) is 3.74. The average Bonchev–Trinajstić information content (AvgIpc) is 3.24. The summed E-state index contributed by atoms with van der Waals surface area (Å²) in [5.74, 6) is 1.19. The first-order valence-electron chi connectivity index (χ1n) is 8.99. The molecule has 1 amide bonds. The van der Waals surface area contributed by atoms with Gasteiger partial charge in [0.15, 0.2) is 0 Å². The molecule has 0 radical (unpaired) electrons. The number of hydrogen-bond donors (Lipinski definition) is 2. The summed E-state index contributed by atoms with van der Waals surface area (Å²) in [6, 6.07) is 8.65. The first kappa shape index (κ1) is 16.3. The van der Waals surface area contributed by atoms with Crippen LogP contribution in [0.5, 0.6) is 0 Å². The van der Waals surface area contributed by atoms with Crippen LogP contribution >= 0.6 is 0 Å². The van der Waals surface area contributed by atoms with E-state index in [0.717, 1.165) is 31.8 Å². The lowest BCUT2D eigenvalue weighted by Gasteiger charge is -2.41. The van der Waals surface area contributed by atoms with Crippen molar-refractivity contribution in [3.05, 3.63) is 47.5 Å². The Morgan fingerprint density at radius 1 is 1.36 bits per heavy atom. The number of carbonyl (C=O) groups is 1. The average molecular weight is 339 g/mol. The van der Waals surface area contributed by atoms with Gasteiger partial charge in [0, 0.05) is 37.0 Å². The standard InChI is InChI=1S/C19H25N5O/c1-19(2,24-8-7-13-5-3-4-6-14(13)10-24)11-20-18(25)16-9-15(16)17-21-12-22-23-17/h3-6,12,15-16H,7-11H2,1-2H3,(H,20,25)(H,21,22,23)/t15-,16+/m0/s1. The van der Waals surface area contributed by atoms with Crippen molar-refractivity contribution in [2.24, 2.45) is 5.92 Å². The number of aromatic nitrogens is 3. The van der Waals surface area contributed by atoms with E-state index in [1.807, 2.05) is 0 Å². The summed E-state index contributed by atoms with van der Waals surface area (Å²) in [7, 11) is 0. The van der Waals surface area contributed by atoms with Gasteiger partial charge in [0.1, 0.15) is 12.2 Å². The van der Waals surface area contributed by atoms with Gasteiger partial charge in [-0.2, -0.15) is 5.10 Å². The van der Waals surface area contributed by atoms with Crippen molar-refractivity contribution in [2.75, 3.05) is 13.1 Å². The van der Waals surface area contributed by atoms with Crippen molar-refractivity contribution in [1.29, 1.82) is 0 Å². The number of nitrogens with one attached hydrogen (secondary N) is 2. The van der Waals surface area contributed by atoms with Crippen LogP contribution in [0.25, 0.3) is 0 Å². The van der Waals surface area contributed by atoms with Crippen LogP contribution in [-0.2, 0) is 17.8 Å². The van der Waals surface area contributed by atoms with Crippen molar-refractivity contribution in [1.82, 2.24) is 25.4 Å². The van der Waals surface area contributed by atoms with E-state index in [1.54, 1.807) is 0 Å². The number of benzene rings is 1. The van der Waals surface area contributed by atoms with Crippen LogP contribution in [0.15, 0.2) is 30.6 Å². The van der Waals surface area contributed by atoms with E-state index >= 15 is 0 Å². The molecule has 6 nitrogen and oxygen atoms in total. The minimum absolute atomic E-state index is 0.0332. The molecule has 2 aliphatic rings. The topological polar surface area (TPSA) is 73.9 Å². The Kier molecular flexibility index (Phi) is 4.07. The monoisotopic (exact) mass is 339 g/mol. The Balaban J connectivity index is 1.32. The van der Waals surface area contributed by atoms with Crippen LogP contribution in [0.3, 0.4) is 0 Å². The quantitative estimate of drug-likeness (QED) is 0.872. The molecular weight excluding hydrogens is 314 g/mol. The van der Waals surface area contributed by atoms with E-state index in [0.29, 0.717) is 6.54 Å². The van der Waals surface area contributed by atoms with Gasteiger partial charge in [-0.1, -0.05) is 24.3 Å². The maximum Gasteiger partial charge on any atom is 0.223 e. The Bertz CT molecular complexity index is 755. The lowest BCUT2D eigenvalue weighted by Crippen LogP contribution is -2.53. The second-order valence-electron chi connectivity index (χ2n) is 7.79. The smallest absolute Gasteiger partial charge is 0.223 e. The van der Waals surface area contributed by atoms with Gasteiger partial charge in [0.25, 0.3) is 0 Å². The molecule has 0 unspecified atom stereocenters. The Labute approximate surface area is 148 Å². The second kappa shape index (κ2) is 6.26. The van der Waals surface area contributed by atoms with E-state index in [2.05, 4.69) is 63.5 Å². The first-order chi connectivity index (χ1) is 12.0. The molecule has 132 valence electrons. The molecule has 1 aromatic carbocycles. The predicted molar refractivity (Wildman–Crippen MR) is 94.9 cm³/mol. The van der Waals surface area contributed by atoms with Gasteiger partial charge in [-0.05, 0) is 37.8 Å². The molecule has 4 rings (SSSR count). The predicted octanol–water partition coefficient (Wildman–Crippen LogP) is 1.86. The van der Waals surface area contributed by atoms with Gasteiger partial charge in [-0.25, -0.2) is 4.98 Å². The van der Waals surface area contributed by atoms with Crippen molar-refractivity contribution in [3.63, 3.8) is 0 Å². The highest BCUT2D eigenvalue weighted by molar-refractivity contribution is 5.82. The van der Waals surface area contributed by atoms with Crippen molar-refractivity contribution in [3.8, 4) is 0 Å². The van der Waals surface area contributed by atoms with Gasteiger partial charge < -0.3 is 5.32 Å². The molecule has 1 saturated carbocycles. The largest absolute Gasteiger partial charge is 0.354 e. The van der Waals surface area contributed by atoms with E-state index in [-0.39, 0.29) is 23.3 Å². The van der Waals surface area contributed by atoms with Gasteiger partial charge >= 0.3 is 0 Å². The number of H-pyrrole nitrogens is 1. The zero-order valence-electron chi connectivity index (χ0n) is 14.8. The van der Waals surface area contributed by atoms with E-state index in [1.165, 1.54) is 17.5 Å². The zero-order valence-corrected chi connectivity index (χ0v) is 14.8. The highest BCUT2D eigenvalue weighted by Crippen LogP contribution is 2.45. The molecule has 0 spiro atoms. The van der Waals surface area contributed by atoms with Crippen molar-refractivity contribution in [2.45, 2.75) is 44.7 Å². The molecule has 2 N–H and O–H groups in total. The highest BCUT2D eigenvalue weighted by Gasteiger charge is 2.46. The third-order valence-electron chi connectivity index (χ3n) is 5.59. The molecule has 1 aliphatic heterocycles. The minimum Gasteiger partial charge on any atom is -0.354 e. The number of nitrogens with zero attached hydrogens (tertiary/aromatic N) is 3. The minimum atomic E-state index is -0.0696. The third-order valence-corrected chi connectivity index (χ3v) is 5.59. The third kappa shape index (κ3) is 3.31. The number of fused-ring (bicyclic) bond motifs is 1. The maximum atomic E-state index is 12.4. The molecule has 0 bridgehead atoms. The van der Waals surface area contributed by atoms with Gasteiger partial charge in [-0.15, -0.1) is 0 Å². The molecule has 1 aromatic heterocycles. The maximum absolute atomic E-state index is 12.4. The Morgan fingerprint density at radius 2 is 2.16 bits per heavy atom. The molecule has 2 atom stereocenters. The first-order valence-corrected chi connectivity index (χ1v) is 8.99. The SMILES string of the molecule is CC(C)(CNC(=O)[C@@H]1C[C@@H]1c1ncn[nH]1)N1CCc2ccccc2C1. The second-order valence-corrected chi connectivity index (χ2v) is 7.79. The van der Waals surface area contributed by atoms with E-state index in [9.17, 15) is 4.79 Å². The Morgan fingerprint density at radius 3 is 2.92 bits per heavy atom. The zero-order chi connectivity index (χ0) is 17.4.